The van der Waals surface area contributed by atoms with E-state index in [0.717, 1.165) is 4.90 Å². The molecular weight excluding hydrogens is 174 g/mol. The molecule has 0 aliphatic carbocycles. The molecule has 13 heavy (non-hydrogen) atoms. The van der Waals surface area contributed by atoms with Crippen LogP contribution < -0.4 is 0 Å². The van der Waals surface area contributed by atoms with E-state index < -0.39 is 17.8 Å². The lowest BCUT2D eigenvalue weighted by Crippen LogP contribution is -2.29. The molecule has 0 aromatic heterocycles. The molecule has 1 rings (SSSR count). The number of carbonyl (C=O) groups is 3. The third-order valence-corrected chi connectivity index (χ3v) is 1.95. The SMILES string of the molecule is CCOC(=O)[C@@H]1CC(=O)N(C)C1=O. The first kappa shape index (κ1) is 9.70. The van der Waals surface area contributed by atoms with Crippen molar-refractivity contribution in [2.75, 3.05) is 13.7 Å². The van der Waals surface area contributed by atoms with E-state index in [1.54, 1.807) is 6.92 Å². The first-order valence-electron chi connectivity index (χ1n) is 4.05. The van der Waals surface area contributed by atoms with Crippen molar-refractivity contribution in [1.82, 2.24) is 4.90 Å². The van der Waals surface area contributed by atoms with Gasteiger partial charge in [0.25, 0.3) is 0 Å². The minimum atomic E-state index is -0.919. The summed E-state index contributed by atoms with van der Waals surface area (Å²) in [5.74, 6) is -2.32. The van der Waals surface area contributed by atoms with Crippen LogP contribution in [0.25, 0.3) is 0 Å². The highest BCUT2D eigenvalue weighted by molar-refractivity contribution is 6.12. The Bertz CT molecular complexity index is 261. The summed E-state index contributed by atoms with van der Waals surface area (Å²) in [5.41, 5.74) is 0. The Kier molecular flexibility index (Phi) is 2.65. The van der Waals surface area contributed by atoms with E-state index in [9.17, 15) is 14.4 Å². The van der Waals surface area contributed by atoms with Crippen LogP contribution >= 0.6 is 0 Å². The molecule has 5 heteroatoms. The number of imide groups is 1. The van der Waals surface area contributed by atoms with E-state index in [1.807, 2.05) is 0 Å². The van der Waals surface area contributed by atoms with Crippen LogP contribution in [-0.2, 0) is 19.1 Å². The molecule has 2 amide bonds. The molecule has 0 bridgehead atoms. The fourth-order valence-electron chi connectivity index (χ4n) is 1.18. The monoisotopic (exact) mass is 185 g/mol. The number of nitrogens with zero attached hydrogens (tertiary/aromatic N) is 1. The van der Waals surface area contributed by atoms with Crippen LogP contribution in [-0.4, -0.2) is 36.3 Å². The number of likely N-dealkylation sites (tertiary alicyclic amines) is 1. The normalized spacial score (nSPS) is 22.3. The lowest BCUT2D eigenvalue weighted by atomic mass is 10.1. The van der Waals surface area contributed by atoms with E-state index in [0.29, 0.717) is 0 Å². The number of hydrogen-bond donors (Lipinski definition) is 0. The Balaban J connectivity index is 2.68. The van der Waals surface area contributed by atoms with E-state index in [4.69, 9.17) is 0 Å². The summed E-state index contributed by atoms with van der Waals surface area (Å²) in [6.07, 6.45) is -0.0613. The van der Waals surface area contributed by atoms with Gasteiger partial charge in [0.1, 0.15) is 5.92 Å². The predicted molar refractivity (Wildman–Crippen MR) is 42.5 cm³/mol. The van der Waals surface area contributed by atoms with Crippen LogP contribution in [0.15, 0.2) is 0 Å². The lowest BCUT2D eigenvalue weighted by Gasteiger charge is -2.07. The average molecular weight is 185 g/mol. The minimum Gasteiger partial charge on any atom is -0.465 e. The minimum absolute atomic E-state index is 0.0613. The summed E-state index contributed by atoms with van der Waals surface area (Å²) in [6.45, 7) is 1.88. The van der Waals surface area contributed by atoms with Crippen molar-refractivity contribution in [2.24, 2.45) is 5.92 Å². The first-order chi connectivity index (χ1) is 6.07. The molecular formula is C8H11NO4. The second kappa shape index (κ2) is 3.55. The van der Waals surface area contributed by atoms with Crippen LogP contribution in [0.4, 0.5) is 0 Å². The summed E-state index contributed by atoms with van der Waals surface area (Å²) < 4.78 is 4.65. The van der Waals surface area contributed by atoms with Crippen LogP contribution in [0, 0.1) is 5.92 Å². The zero-order valence-corrected chi connectivity index (χ0v) is 7.57. The fraction of sp³-hybridized carbons (Fsp3) is 0.625. The maximum absolute atomic E-state index is 11.2. The van der Waals surface area contributed by atoms with E-state index >= 15 is 0 Å². The van der Waals surface area contributed by atoms with Gasteiger partial charge in [-0.1, -0.05) is 0 Å². The van der Waals surface area contributed by atoms with Gasteiger partial charge in [-0.15, -0.1) is 0 Å². The molecule has 0 aromatic rings. The Labute approximate surface area is 75.6 Å². The highest BCUT2D eigenvalue weighted by Crippen LogP contribution is 2.18. The number of amides is 2. The van der Waals surface area contributed by atoms with Gasteiger partial charge in [0.2, 0.25) is 11.8 Å². The van der Waals surface area contributed by atoms with Gasteiger partial charge < -0.3 is 4.74 Å². The standard InChI is InChI=1S/C8H11NO4/c1-3-13-8(12)5-4-6(10)9(2)7(5)11/h5H,3-4H2,1-2H3/t5-/m1/s1. The Morgan fingerprint density at radius 1 is 1.62 bits per heavy atom. The Morgan fingerprint density at radius 3 is 2.62 bits per heavy atom. The number of hydrogen-bond acceptors (Lipinski definition) is 4. The molecule has 1 aliphatic heterocycles. The Morgan fingerprint density at radius 2 is 2.23 bits per heavy atom. The van der Waals surface area contributed by atoms with Gasteiger partial charge in [0, 0.05) is 13.5 Å². The van der Waals surface area contributed by atoms with Crippen LogP contribution in [0.1, 0.15) is 13.3 Å². The van der Waals surface area contributed by atoms with Crippen LogP contribution in [0.3, 0.4) is 0 Å². The zero-order chi connectivity index (χ0) is 10.0. The predicted octanol–water partition coefficient (Wildman–Crippen LogP) is -0.446. The van der Waals surface area contributed by atoms with Crippen molar-refractivity contribution < 1.29 is 19.1 Å². The maximum atomic E-state index is 11.2. The highest BCUT2D eigenvalue weighted by Gasteiger charge is 2.41. The number of ether oxygens (including phenoxy) is 1. The van der Waals surface area contributed by atoms with Gasteiger partial charge in [-0.05, 0) is 6.92 Å². The smallest absolute Gasteiger partial charge is 0.319 e. The van der Waals surface area contributed by atoms with Gasteiger partial charge in [0.15, 0.2) is 0 Å². The van der Waals surface area contributed by atoms with Crippen molar-refractivity contribution >= 4 is 17.8 Å². The largest absolute Gasteiger partial charge is 0.465 e. The Hall–Kier alpha value is -1.39. The molecule has 1 heterocycles. The van der Waals surface area contributed by atoms with Crippen molar-refractivity contribution in [3.05, 3.63) is 0 Å². The highest BCUT2D eigenvalue weighted by atomic mass is 16.5. The average Bonchev–Trinajstić information content (AvgIpc) is 2.33. The van der Waals surface area contributed by atoms with Crippen molar-refractivity contribution in [1.29, 1.82) is 0 Å². The maximum Gasteiger partial charge on any atom is 0.319 e. The molecule has 0 N–H and O–H groups in total. The van der Waals surface area contributed by atoms with Gasteiger partial charge in [-0.3, -0.25) is 19.3 Å². The molecule has 0 saturated carbocycles. The molecule has 5 nitrogen and oxygen atoms in total. The van der Waals surface area contributed by atoms with Crippen LogP contribution in [0.2, 0.25) is 0 Å². The van der Waals surface area contributed by atoms with Gasteiger partial charge in [-0.25, -0.2) is 0 Å². The molecule has 1 fully saturated rings. The molecule has 0 spiro atoms. The molecule has 0 radical (unpaired) electrons. The summed E-state index contributed by atoms with van der Waals surface area (Å²) in [5, 5.41) is 0. The second-order valence-electron chi connectivity index (χ2n) is 2.80. The van der Waals surface area contributed by atoms with E-state index in [1.165, 1.54) is 7.05 Å². The van der Waals surface area contributed by atoms with Crippen molar-refractivity contribution in [3.8, 4) is 0 Å². The number of carbonyl (C=O) groups excluding carboxylic acids is 3. The third-order valence-electron chi connectivity index (χ3n) is 1.95. The number of rotatable bonds is 2. The number of esters is 1. The van der Waals surface area contributed by atoms with Crippen LogP contribution in [0.5, 0.6) is 0 Å². The topological polar surface area (TPSA) is 63.7 Å². The molecule has 0 aromatic carbocycles. The summed E-state index contributed by atoms with van der Waals surface area (Å²) in [7, 11) is 1.36. The lowest BCUT2D eigenvalue weighted by molar-refractivity contribution is -0.152. The molecule has 1 atom stereocenters. The fourth-order valence-corrected chi connectivity index (χ4v) is 1.18. The molecule has 1 saturated heterocycles. The first-order valence-corrected chi connectivity index (χ1v) is 4.05. The third kappa shape index (κ3) is 1.68. The molecule has 0 unspecified atom stereocenters. The summed E-state index contributed by atoms with van der Waals surface area (Å²) >= 11 is 0. The quantitative estimate of drug-likeness (QED) is 0.332. The van der Waals surface area contributed by atoms with E-state index in [2.05, 4.69) is 4.74 Å². The van der Waals surface area contributed by atoms with E-state index in [-0.39, 0.29) is 18.9 Å². The second-order valence-corrected chi connectivity index (χ2v) is 2.80. The van der Waals surface area contributed by atoms with Gasteiger partial charge >= 0.3 is 5.97 Å². The summed E-state index contributed by atoms with van der Waals surface area (Å²) in [6, 6.07) is 0. The van der Waals surface area contributed by atoms with Gasteiger partial charge in [0.05, 0.1) is 6.61 Å². The molecule has 1 aliphatic rings. The van der Waals surface area contributed by atoms with Crippen molar-refractivity contribution in [3.63, 3.8) is 0 Å². The summed E-state index contributed by atoms with van der Waals surface area (Å²) in [4.78, 5) is 34.3. The van der Waals surface area contributed by atoms with Gasteiger partial charge in [-0.2, -0.15) is 0 Å². The molecule has 72 valence electrons. The zero-order valence-electron chi connectivity index (χ0n) is 7.57. The van der Waals surface area contributed by atoms with Crippen molar-refractivity contribution in [2.45, 2.75) is 13.3 Å².